The number of aryl methyl sites for hydroxylation is 1. The molecule has 6 nitrogen and oxygen atoms in total. The number of aromatic nitrogens is 3. The number of methoxy groups -OCH3 is 1. The number of nitrogens with zero attached hydrogens (tertiary/aromatic N) is 4. The molecule has 0 radical (unpaired) electrons. The maximum absolute atomic E-state index is 13.8. The predicted octanol–water partition coefficient (Wildman–Crippen LogP) is 4.04. The van der Waals surface area contributed by atoms with Crippen molar-refractivity contribution in [3.63, 3.8) is 0 Å². The number of ether oxygens (including phenoxy) is 1. The number of quaternary nitrogens is 1. The first-order chi connectivity index (χ1) is 12.6. The highest BCUT2D eigenvalue weighted by molar-refractivity contribution is 5.78. The number of hydroxylamine groups is 2. The fourth-order valence-electron chi connectivity index (χ4n) is 3.72. The van der Waals surface area contributed by atoms with Crippen LogP contribution in [0.2, 0.25) is 0 Å². The predicted molar refractivity (Wildman–Crippen MR) is 104 cm³/mol. The molecule has 26 heavy (non-hydrogen) atoms. The topological polar surface area (TPSA) is 63.0 Å². The molecule has 1 aliphatic rings. The van der Waals surface area contributed by atoms with Gasteiger partial charge in [-0.25, -0.2) is 9.67 Å². The second-order valence-electron chi connectivity index (χ2n) is 7.08. The van der Waals surface area contributed by atoms with E-state index in [4.69, 9.17) is 4.74 Å². The third-order valence-corrected chi connectivity index (χ3v) is 5.00. The van der Waals surface area contributed by atoms with Gasteiger partial charge in [0, 0.05) is 11.6 Å². The van der Waals surface area contributed by atoms with E-state index in [1.54, 1.807) is 18.1 Å². The molecule has 0 saturated heterocycles. The first kappa shape index (κ1) is 18.6. The van der Waals surface area contributed by atoms with Crippen molar-refractivity contribution >= 4 is 11.4 Å². The second kappa shape index (κ2) is 8.01. The van der Waals surface area contributed by atoms with Gasteiger partial charge in [-0.3, -0.25) is 0 Å². The van der Waals surface area contributed by atoms with E-state index in [1.807, 2.05) is 19.1 Å². The molecule has 0 amide bonds. The van der Waals surface area contributed by atoms with Gasteiger partial charge >= 0.3 is 0 Å². The number of fused-ring (bicyclic) bond motifs is 1. The lowest BCUT2D eigenvalue weighted by atomic mass is 9.97. The van der Waals surface area contributed by atoms with Gasteiger partial charge in [-0.1, -0.05) is 25.8 Å². The van der Waals surface area contributed by atoms with Crippen molar-refractivity contribution < 1.29 is 4.74 Å². The molecule has 0 N–H and O–H groups in total. The maximum atomic E-state index is 13.8. The molecule has 0 aliphatic carbocycles. The molecule has 2 aromatic rings. The van der Waals surface area contributed by atoms with Crippen molar-refractivity contribution in [1.82, 2.24) is 19.4 Å². The second-order valence-corrected chi connectivity index (χ2v) is 7.08. The molecule has 1 aromatic carbocycles. The van der Waals surface area contributed by atoms with Crippen molar-refractivity contribution in [2.75, 3.05) is 20.2 Å². The van der Waals surface area contributed by atoms with Crippen LogP contribution in [0.1, 0.15) is 43.7 Å². The summed E-state index contributed by atoms with van der Waals surface area (Å²) in [6, 6.07) is 6.06. The smallest absolute Gasteiger partial charge is 0.144 e. The Balaban J connectivity index is 1.97. The normalized spacial score (nSPS) is 19.5. The van der Waals surface area contributed by atoms with Crippen LogP contribution < -0.4 is 4.65 Å². The van der Waals surface area contributed by atoms with Gasteiger partial charge in [-0.05, 0) is 31.4 Å². The first-order valence-electron chi connectivity index (χ1n) is 9.35. The maximum Gasteiger partial charge on any atom is 0.144 e. The number of hydrogen-bond acceptors (Lipinski definition) is 4. The van der Waals surface area contributed by atoms with Crippen LogP contribution in [0.25, 0.3) is 5.76 Å². The number of hydrogen-bond donors (Lipinski definition) is 0. The van der Waals surface area contributed by atoms with E-state index in [2.05, 4.69) is 23.1 Å². The largest absolute Gasteiger partial charge is 0.627 e. The lowest BCUT2D eigenvalue weighted by Gasteiger charge is -2.46. The minimum atomic E-state index is -0.323. The van der Waals surface area contributed by atoms with Gasteiger partial charge < -0.3 is 14.6 Å². The van der Waals surface area contributed by atoms with Crippen molar-refractivity contribution in [3.05, 3.63) is 52.8 Å². The Labute approximate surface area is 155 Å². The average molecular weight is 356 g/mol. The van der Waals surface area contributed by atoms with Crippen LogP contribution >= 0.6 is 0 Å². The van der Waals surface area contributed by atoms with Crippen LogP contribution in [0.4, 0.5) is 5.69 Å². The van der Waals surface area contributed by atoms with Crippen molar-refractivity contribution in [2.45, 2.75) is 46.1 Å². The van der Waals surface area contributed by atoms with Crippen molar-refractivity contribution in [1.29, 1.82) is 0 Å². The number of unbranched alkanes of at least 4 members (excludes halogenated alkanes) is 3. The first-order valence-corrected chi connectivity index (χ1v) is 9.35. The fourth-order valence-corrected chi connectivity index (χ4v) is 3.72. The van der Waals surface area contributed by atoms with Gasteiger partial charge in [0.1, 0.15) is 30.6 Å². The molecule has 2 heterocycles. The van der Waals surface area contributed by atoms with E-state index < -0.39 is 0 Å². The van der Waals surface area contributed by atoms with E-state index in [0.717, 1.165) is 41.0 Å². The van der Waals surface area contributed by atoms with Gasteiger partial charge in [0.05, 0.1) is 25.8 Å². The molecule has 140 valence electrons. The molecule has 1 aliphatic heterocycles. The summed E-state index contributed by atoms with van der Waals surface area (Å²) in [7, 11) is 1.68. The van der Waals surface area contributed by atoms with Gasteiger partial charge in [0.2, 0.25) is 0 Å². The van der Waals surface area contributed by atoms with E-state index in [1.165, 1.54) is 19.2 Å². The zero-order chi connectivity index (χ0) is 18.6. The Morgan fingerprint density at radius 1 is 1.27 bits per heavy atom. The molecule has 6 heteroatoms. The Kier molecular flexibility index (Phi) is 5.74. The minimum absolute atomic E-state index is 0.323. The quantitative estimate of drug-likeness (QED) is 0.407. The molecule has 0 spiro atoms. The van der Waals surface area contributed by atoms with Gasteiger partial charge in [0.25, 0.3) is 0 Å². The third-order valence-electron chi connectivity index (χ3n) is 5.00. The molecule has 3 rings (SSSR count). The average Bonchev–Trinajstić information content (AvgIpc) is 3.12. The summed E-state index contributed by atoms with van der Waals surface area (Å²) < 4.78 is 7.16. The summed E-state index contributed by atoms with van der Waals surface area (Å²) in [5.41, 5.74) is 3.82. The van der Waals surface area contributed by atoms with E-state index >= 15 is 0 Å². The van der Waals surface area contributed by atoms with E-state index in [0.29, 0.717) is 19.6 Å². The Hall–Kier alpha value is -2.18. The molecule has 1 unspecified atom stereocenters. The summed E-state index contributed by atoms with van der Waals surface area (Å²) in [6.07, 6.45) is 7.55. The summed E-state index contributed by atoms with van der Waals surface area (Å²) >= 11 is 0. The zero-order valence-corrected chi connectivity index (χ0v) is 15.9. The third kappa shape index (κ3) is 3.81. The van der Waals surface area contributed by atoms with Gasteiger partial charge in [0.15, 0.2) is 0 Å². The molecule has 1 atom stereocenters. The molecule has 0 bridgehead atoms. The number of rotatable bonds is 8. The SMILES string of the molecule is CCCCCC[N+]1([O-])CC(Cn2cncn2)=C(OC)c2cc(C)ccc21. The lowest BCUT2D eigenvalue weighted by molar-refractivity contribution is 0.328. The minimum Gasteiger partial charge on any atom is -0.627 e. The van der Waals surface area contributed by atoms with E-state index in [9.17, 15) is 5.21 Å². The molecular weight excluding hydrogens is 328 g/mol. The van der Waals surface area contributed by atoms with Crippen LogP contribution in [-0.4, -0.2) is 35.0 Å². The van der Waals surface area contributed by atoms with Gasteiger partial charge in [-0.15, -0.1) is 0 Å². The zero-order valence-electron chi connectivity index (χ0n) is 15.9. The summed E-state index contributed by atoms with van der Waals surface area (Å²) in [5, 5.41) is 18.0. The molecular formula is C20H28N4O2. The molecule has 1 aromatic heterocycles. The van der Waals surface area contributed by atoms with Crippen molar-refractivity contribution in [3.8, 4) is 0 Å². The fraction of sp³-hybridized carbons (Fsp3) is 0.500. The highest BCUT2D eigenvalue weighted by Crippen LogP contribution is 2.40. The Morgan fingerprint density at radius 3 is 2.81 bits per heavy atom. The molecule has 0 fully saturated rings. The Bertz CT molecular complexity index is 770. The molecule has 0 saturated carbocycles. The monoisotopic (exact) mass is 356 g/mol. The lowest BCUT2D eigenvalue weighted by Crippen LogP contribution is -2.48. The van der Waals surface area contributed by atoms with Crippen molar-refractivity contribution in [2.24, 2.45) is 0 Å². The van der Waals surface area contributed by atoms with Crippen LogP contribution in [0.15, 0.2) is 36.4 Å². The summed E-state index contributed by atoms with van der Waals surface area (Å²) in [6.45, 7) is 5.73. The number of benzene rings is 1. The van der Waals surface area contributed by atoms with Crippen LogP contribution in [0, 0.1) is 12.1 Å². The van der Waals surface area contributed by atoms with Gasteiger partial charge in [-0.2, -0.15) is 5.10 Å². The summed E-state index contributed by atoms with van der Waals surface area (Å²) in [5.74, 6) is 0.803. The standard InChI is InChI=1S/C20H28N4O2/c1-4-5-6-7-10-24(25)13-17(12-23-15-21-14-22-23)20(26-3)18-11-16(2)8-9-19(18)24/h8-9,11,14-15H,4-7,10,12-13H2,1-3H3. The van der Waals surface area contributed by atoms with Crippen LogP contribution in [0.3, 0.4) is 0 Å². The Morgan fingerprint density at radius 2 is 2.12 bits per heavy atom. The summed E-state index contributed by atoms with van der Waals surface area (Å²) in [4.78, 5) is 4.01. The van der Waals surface area contributed by atoms with E-state index in [-0.39, 0.29) is 4.65 Å². The van der Waals surface area contributed by atoms with Crippen LogP contribution in [-0.2, 0) is 11.3 Å². The van der Waals surface area contributed by atoms with Crippen LogP contribution in [0.5, 0.6) is 0 Å². The highest BCUT2D eigenvalue weighted by atomic mass is 16.5. The highest BCUT2D eigenvalue weighted by Gasteiger charge is 2.34.